The molecule has 1 fully saturated rings. The van der Waals surface area contributed by atoms with Crippen LogP contribution < -0.4 is 0 Å². The predicted octanol–water partition coefficient (Wildman–Crippen LogP) is 0.449. The number of hydrogen-bond acceptors (Lipinski definition) is 5. The third-order valence-corrected chi connectivity index (χ3v) is 5.04. The van der Waals surface area contributed by atoms with Crippen molar-refractivity contribution in [2.24, 2.45) is 0 Å². The standard InChI is InChI=1S/C12H13ClN2O5S/c13-10-3-1-2-9(14-10)12(18)15-4-5-21(19,20)7-8(15)6-11(16)17/h1-3,8H,4-7H2,(H,16,17). The monoisotopic (exact) mass is 332 g/mol. The second kappa shape index (κ2) is 5.98. The summed E-state index contributed by atoms with van der Waals surface area (Å²) >= 11 is 5.72. The van der Waals surface area contributed by atoms with Gasteiger partial charge in [-0.25, -0.2) is 13.4 Å². The molecule has 0 radical (unpaired) electrons. The molecule has 2 rings (SSSR count). The molecule has 2 heterocycles. The number of aliphatic carboxylic acids is 1. The zero-order chi connectivity index (χ0) is 15.6. The summed E-state index contributed by atoms with van der Waals surface area (Å²) in [6.45, 7) is -0.0483. The molecule has 0 bridgehead atoms. The second-order valence-electron chi connectivity index (χ2n) is 4.71. The molecular weight excluding hydrogens is 320 g/mol. The molecule has 9 heteroatoms. The van der Waals surface area contributed by atoms with E-state index in [0.717, 1.165) is 0 Å². The molecule has 1 aromatic heterocycles. The number of nitrogens with zero attached hydrogens (tertiary/aromatic N) is 2. The minimum Gasteiger partial charge on any atom is -0.481 e. The fourth-order valence-electron chi connectivity index (χ4n) is 2.20. The first-order valence-electron chi connectivity index (χ1n) is 6.14. The van der Waals surface area contributed by atoms with Crippen LogP contribution in [0.4, 0.5) is 0 Å². The van der Waals surface area contributed by atoms with Gasteiger partial charge in [0, 0.05) is 6.54 Å². The lowest BCUT2D eigenvalue weighted by Crippen LogP contribution is -2.52. The quantitative estimate of drug-likeness (QED) is 0.806. The minimum absolute atomic E-state index is 0.0483. The molecule has 1 unspecified atom stereocenters. The molecule has 1 atom stereocenters. The second-order valence-corrected chi connectivity index (χ2v) is 7.33. The summed E-state index contributed by atoms with van der Waals surface area (Å²) in [7, 11) is -3.34. The molecule has 0 spiro atoms. The van der Waals surface area contributed by atoms with Gasteiger partial charge in [-0.05, 0) is 12.1 Å². The van der Waals surface area contributed by atoms with Crippen LogP contribution in [0.1, 0.15) is 16.9 Å². The fraction of sp³-hybridized carbons (Fsp3) is 0.417. The molecule has 21 heavy (non-hydrogen) atoms. The number of carbonyl (C=O) groups excluding carboxylic acids is 1. The highest BCUT2D eigenvalue weighted by Crippen LogP contribution is 2.18. The number of halogens is 1. The van der Waals surface area contributed by atoms with Gasteiger partial charge in [-0.15, -0.1) is 0 Å². The zero-order valence-electron chi connectivity index (χ0n) is 10.9. The van der Waals surface area contributed by atoms with Crippen molar-refractivity contribution in [3.05, 3.63) is 29.0 Å². The number of hydrogen-bond donors (Lipinski definition) is 1. The Morgan fingerprint density at radius 3 is 2.76 bits per heavy atom. The molecule has 1 aliphatic heterocycles. The molecular formula is C12H13ClN2O5S. The number of rotatable bonds is 3. The third kappa shape index (κ3) is 3.92. The largest absolute Gasteiger partial charge is 0.481 e. The van der Waals surface area contributed by atoms with Gasteiger partial charge in [0.25, 0.3) is 5.91 Å². The molecule has 0 aromatic carbocycles. The Morgan fingerprint density at radius 1 is 1.43 bits per heavy atom. The Kier molecular flexibility index (Phi) is 4.48. The number of pyridine rings is 1. The number of carboxylic acid groups (broad SMARTS) is 1. The summed E-state index contributed by atoms with van der Waals surface area (Å²) in [5.74, 6) is -2.21. The van der Waals surface area contributed by atoms with E-state index in [0.29, 0.717) is 0 Å². The maximum atomic E-state index is 12.4. The topological polar surface area (TPSA) is 105 Å². The minimum atomic E-state index is -3.34. The van der Waals surface area contributed by atoms with Crippen molar-refractivity contribution in [2.45, 2.75) is 12.5 Å². The van der Waals surface area contributed by atoms with Crippen LogP contribution in [-0.4, -0.2) is 59.4 Å². The number of amides is 1. The Labute approximate surface area is 126 Å². The lowest BCUT2D eigenvalue weighted by Gasteiger charge is -2.34. The molecule has 0 saturated carbocycles. The normalized spacial score (nSPS) is 21.0. The van der Waals surface area contributed by atoms with Crippen LogP contribution in [0.15, 0.2) is 18.2 Å². The van der Waals surface area contributed by atoms with E-state index in [4.69, 9.17) is 16.7 Å². The Balaban J connectivity index is 2.27. The average molecular weight is 333 g/mol. The smallest absolute Gasteiger partial charge is 0.305 e. The Bertz CT molecular complexity index is 676. The summed E-state index contributed by atoms with van der Waals surface area (Å²) in [6.07, 6.45) is -0.425. The van der Waals surface area contributed by atoms with E-state index >= 15 is 0 Å². The van der Waals surface area contributed by atoms with E-state index in [2.05, 4.69) is 4.98 Å². The van der Waals surface area contributed by atoms with Gasteiger partial charge in [0.2, 0.25) is 0 Å². The summed E-state index contributed by atoms with van der Waals surface area (Å²) in [6, 6.07) is 3.62. The summed E-state index contributed by atoms with van der Waals surface area (Å²) in [5.41, 5.74) is 0.0668. The number of carbonyl (C=O) groups is 2. The lowest BCUT2D eigenvalue weighted by atomic mass is 10.1. The van der Waals surface area contributed by atoms with Gasteiger partial charge in [-0.3, -0.25) is 9.59 Å². The van der Waals surface area contributed by atoms with Crippen LogP contribution >= 0.6 is 11.6 Å². The number of aromatic nitrogens is 1. The average Bonchev–Trinajstić information content (AvgIpc) is 2.36. The van der Waals surface area contributed by atoms with Gasteiger partial charge >= 0.3 is 5.97 Å². The van der Waals surface area contributed by atoms with Gasteiger partial charge in [-0.1, -0.05) is 17.7 Å². The molecule has 1 amide bonds. The maximum Gasteiger partial charge on any atom is 0.305 e. The molecule has 114 valence electrons. The van der Waals surface area contributed by atoms with E-state index in [1.54, 1.807) is 6.07 Å². The van der Waals surface area contributed by atoms with Crippen molar-refractivity contribution in [3.63, 3.8) is 0 Å². The SMILES string of the molecule is O=C(O)CC1CS(=O)(=O)CCN1C(=O)c1cccc(Cl)n1. The van der Waals surface area contributed by atoms with Gasteiger partial charge in [0.05, 0.1) is 24.0 Å². The Morgan fingerprint density at radius 2 is 2.14 bits per heavy atom. The first-order valence-corrected chi connectivity index (χ1v) is 8.34. The van der Waals surface area contributed by atoms with Crippen LogP contribution in [-0.2, 0) is 14.6 Å². The third-order valence-electron chi connectivity index (χ3n) is 3.14. The van der Waals surface area contributed by atoms with Gasteiger partial charge < -0.3 is 10.0 Å². The van der Waals surface area contributed by atoms with E-state index in [1.165, 1.54) is 17.0 Å². The molecule has 1 aliphatic rings. The molecule has 7 nitrogen and oxygen atoms in total. The van der Waals surface area contributed by atoms with Crippen molar-refractivity contribution in [2.75, 3.05) is 18.1 Å². The summed E-state index contributed by atoms with van der Waals surface area (Å²) in [5, 5.41) is 9.02. The van der Waals surface area contributed by atoms with Crippen molar-refractivity contribution >= 4 is 33.3 Å². The van der Waals surface area contributed by atoms with Gasteiger partial charge in [0.15, 0.2) is 9.84 Å². The lowest BCUT2D eigenvalue weighted by molar-refractivity contribution is -0.138. The predicted molar refractivity (Wildman–Crippen MR) is 75.0 cm³/mol. The molecule has 1 N–H and O–H groups in total. The van der Waals surface area contributed by atoms with Crippen LogP contribution in [0, 0.1) is 0 Å². The van der Waals surface area contributed by atoms with Crippen molar-refractivity contribution in [1.82, 2.24) is 9.88 Å². The highest BCUT2D eigenvalue weighted by atomic mass is 35.5. The van der Waals surface area contributed by atoms with Crippen molar-refractivity contribution < 1.29 is 23.1 Å². The van der Waals surface area contributed by atoms with Crippen LogP contribution in [0.25, 0.3) is 0 Å². The van der Waals surface area contributed by atoms with Crippen molar-refractivity contribution in [3.8, 4) is 0 Å². The van der Waals surface area contributed by atoms with Crippen LogP contribution in [0.2, 0.25) is 5.15 Å². The van der Waals surface area contributed by atoms with E-state index < -0.39 is 34.2 Å². The van der Waals surface area contributed by atoms with Crippen LogP contribution in [0.5, 0.6) is 0 Å². The van der Waals surface area contributed by atoms with Gasteiger partial charge in [-0.2, -0.15) is 0 Å². The van der Waals surface area contributed by atoms with Crippen molar-refractivity contribution in [1.29, 1.82) is 0 Å². The number of carboxylic acids is 1. The van der Waals surface area contributed by atoms with E-state index in [9.17, 15) is 18.0 Å². The fourth-order valence-corrected chi connectivity index (χ4v) is 3.89. The van der Waals surface area contributed by atoms with E-state index in [-0.39, 0.29) is 28.9 Å². The Hall–Kier alpha value is -1.67. The van der Waals surface area contributed by atoms with Crippen LogP contribution in [0.3, 0.4) is 0 Å². The van der Waals surface area contributed by atoms with Gasteiger partial charge in [0.1, 0.15) is 10.8 Å². The maximum absolute atomic E-state index is 12.4. The zero-order valence-corrected chi connectivity index (χ0v) is 12.5. The first-order chi connectivity index (χ1) is 9.78. The summed E-state index contributed by atoms with van der Waals surface area (Å²) in [4.78, 5) is 28.4. The molecule has 0 aliphatic carbocycles. The highest BCUT2D eigenvalue weighted by Gasteiger charge is 2.36. The van der Waals surface area contributed by atoms with E-state index in [1.807, 2.05) is 0 Å². The summed E-state index contributed by atoms with van der Waals surface area (Å²) < 4.78 is 23.3. The number of sulfone groups is 1. The first kappa shape index (κ1) is 15.7. The highest BCUT2D eigenvalue weighted by molar-refractivity contribution is 7.91. The molecule has 1 saturated heterocycles. The molecule has 1 aromatic rings.